The third kappa shape index (κ3) is 6.12. The number of piperidine rings is 1. The van der Waals surface area contributed by atoms with E-state index in [1.54, 1.807) is 0 Å². The van der Waals surface area contributed by atoms with Crippen LogP contribution in [0.1, 0.15) is 31.0 Å². The molecule has 2 aliphatic rings. The Hall–Kier alpha value is -3.91. The van der Waals surface area contributed by atoms with Crippen LogP contribution in [0.15, 0.2) is 66.9 Å². The lowest BCUT2D eigenvalue weighted by molar-refractivity contribution is -0.117. The van der Waals surface area contributed by atoms with Crippen LogP contribution in [0.4, 0.5) is 17.5 Å². The number of rotatable bonds is 7. The van der Waals surface area contributed by atoms with Crippen molar-refractivity contribution in [3.8, 4) is 0 Å². The Labute approximate surface area is 236 Å². The number of hydrogen-bond acceptors (Lipinski definition) is 6. The van der Waals surface area contributed by atoms with Gasteiger partial charge in [-0.2, -0.15) is 4.98 Å². The predicted molar refractivity (Wildman–Crippen MR) is 162 cm³/mol. The molecule has 6 rings (SSSR count). The zero-order valence-corrected chi connectivity index (χ0v) is 23.6. The normalized spacial score (nSPS) is 16.9. The van der Waals surface area contributed by atoms with Gasteiger partial charge in [0.15, 0.2) is 0 Å². The number of carbonyl (C=O) groups excluding carboxylic acids is 1. The van der Waals surface area contributed by atoms with Crippen LogP contribution in [0, 0.1) is 12.8 Å². The molecule has 2 aromatic heterocycles. The third-order valence-electron chi connectivity index (χ3n) is 8.21. The number of amides is 1. The van der Waals surface area contributed by atoms with Crippen LogP contribution in [0.3, 0.4) is 0 Å². The summed E-state index contributed by atoms with van der Waals surface area (Å²) in [6, 6.07) is 20.8. The SMILES string of the molecule is Cc1cc(N2CCC(C)CC2)nc(N2CCN(CC(=O)Nc3ccc4c(ccn4Cc4ccccc4)c3)CC2)n1. The first-order valence-electron chi connectivity index (χ1n) is 14.5. The molecule has 4 aromatic rings. The fourth-order valence-electron chi connectivity index (χ4n) is 5.78. The standard InChI is InChI=1S/C32H39N7O/c1-24-10-13-37(14-11-24)30-20-25(2)33-32(35-30)38-18-16-36(17-19-38)23-31(40)34-28-8-9-29-27(21-28)12-15-39(29)22-26-6-4-3-5-7-26/h3-9,12,15,20-21,24H,10-11,13-14,16-19,22-23H2,1-2H3,(H,34,40). The van der Waals surface area contributed by atoms with Crippen molar-refractivity contribution in [1.29, 1.82) is 0 Å². The van der Waals surface area contributed by atoms with Crippen molar-refractivity contribution in [2.45, 2.75) is 33.2 Å². The molecule has 8 heteroatoms. The van der Waals surface area contributed by atoms with Crippen LogP contribution in [-0.2, 0) is 11.3 Å². The topological polar surface area (TPSA) is 69.5 Å². The van der Waals surface area contributed by atoms with Crippen LogP contribution in [0.25, 0.3) is 10.9 Å². The van der Waals surface area contributed by atoms with E-state index in [1.165, 1.54) is 18.4 Å². The molecular formula is C32H39N7O. The van der Waals surface area contributed by atoms with Crippen molar-refractivity contribution in [2.75, 3.05) is 60.9 Å². The van der Waals surface area contributed by atoms with Gasteiger partial charge < -0.3 is 19.7 Å². The Kier molecular flexibility index (Phi) is 7.68. The molecular weight excluding hydrogens is 498 g/mol. The van der Waals surface area contributed by atoms with Gasteiger partial charge in [0.05, 0.1) is 6.54 Å². The second kappa shape index (κ2) is 11.7. The van der Waals surface area contributed by atoms with Crippen molar-refractivity contribution in [1.82, 2.24) is 19.4 Å². The number of nitrogens with one attached hydrogen (secondary N) is 1. The Morgan fingerprint density at radius 2 is 1.68 bits per heavy atom. The van der Waals surface area contributed by atoms with E-state index in [9.17, 15) is 4.79 Å². The van der Waals surface area contributed by atoms with Crippen molar-refractivity contribution in [3.05, 3.63) is 78.1 Å². The van der Waals surface area contributed by atoms with Gasteiger partial charge in [0.25, 0.3) is 0 Å². The van der Waals surface area contributed by atoms with E-state index in [1.807, 2.05) is 12.1 Å². The molecule has 1 amide bonds. The molecule has 4 heterocycles. The van der Waals surface area contributed by atoms with Gasteiger partial charge in [-0.1, -0.05) is 37.3 Å². The van der Waals surface area contributed by atoms with Crippen molar-refractivity contribution < 1.29 is 4.79 Å². The Bertz CT molecular complexity index is 1450. The van der Waals surface area contributed by atoms with Crippen LogP contribution < -0.4 is 15.1 Å². The van der Waals surface area contributed by atoms with Gasteiger partial charge in [0.2, 0.25) is 11.9 Å². The summed E-state index contributed by atoms with van der Waals surface area (Å²) < 4.78 is 2.24. The summed E-state index contributed by atoms with van der Waals surface area (Å²) in [5.41, 5.74) is 4.27. The van der Waals surface area contributed by atoms with E-state index < -0.39 is 0 Å². The molecule has 1 N–H and O–H groups in total. The summed E-state index contributed by atoms with van der Waals surface area (Å²) in [6.07, 6.45) is 4.54. The number of hydrogen-bond donors (Lipinski definition) is 1. The lowest BCUT2D eigenvalue weighted by Gasteiger charge is -2.35. The molecule has 2 saturated heterocycles. The molecule has 40 heavy (non-hydrogen) atoms. The second-order valence-electron chi connectivity index (χ2n) is 11.4. The first-order valence-corrected chi connectivity index (χ1v) is 14.5. The number of benzene rings is 2. The maximum atomic E-state index is 12.9. The van der Waals surface area contributed by atoms with Crippen LogP contribution >= 0.6 is 0 Å². The maximum absolute atomic E-state index is 12.9. The maximum Gasteiger partial charge on any atom is 0.238 e. The van der Waals surface area contributed by atoms with Crippen LogP contribution in [0.2, 0.25) is 0 Å². The van der Waals surface area contributed by atoms with E-state index in [0.717, 1.165) is 85.8 Å². The van der Waals surface area contributed by atoms with Crippen LogP contribution in [-0.4, -0.2) is 71.2 Å². The van der Waals surface area contributed by atoms with Crippen molar-refractivity contribution >= 4 is 34.3 Å². The van der Waals surface area contributed by atoms with Crippen molar-refractivity contribution in [3.63, 3.8) is 0 Å². The molecule has 0 spiro atoms. The molecule has 0 atom stereocenters. The van der Waals surface area contributed by atoms with Gasteiger partial charge in [-0.3, -0.25) is 9.69 Å². The summed E-state index contributed by atoms with van der Waals surface area (Å²) in [7, 11) is 0. The number of nitrogens with zero attached hydrogens (tertiary/aromatic N) is 6. The highest BCUT2D eigenvalue weighted by Gasteiger charge is 2.23. The highest BCUT2D eigenvalue weighted by molar-refractivity contribution is 5.95. The van der Waals surface area contributed by atoms with E-state index in [-0.39, 0.29) is 5.91 Å². The molecule has 0 saturated carbocycles. The molecule has 208 valence electrons. The van der Waals surface area contributed by atoms with Gasteiger partial charge in [-0.05, 0) is 55.5 Å². The fraction of sp³-hybridized carbons (Fsp3) is 0.406. The number of aromatic nitrogens is 3. The van der Waals surface area contributed by atoms with E-state index >= 15 is 0 Å². The lowest BCUT2D eigenvalue weighted by Crippen LogP contribution is -2.49. The average Bonchev–Trinajstić information content (AvgIpc) is 3.35. The monoisotopic (exact) mass is 537 g/mol. The fourth-order valence-corrected chi connectivity index (χ4v) is 5.78. The number of carbonyl (C=O) groups is 1. The Balaban J connectivity index is 1.02. The number of piperazine rings is 1. The zero-order chi connectivity index (χ0) is 27.5. The van der Waals surface area contributed by atoms with Gasteiger partial charge >= 0.3 is 0 Å². The smallest absolute Gasteiger partial charge is 0.238 e. The second-order valence-corrected chi connectivity index (χ2v) is 11.4. The minimum Gasteiger partial charge on any atom is -0.356 e. The first-order chi connectivity index (χ1) is 19.5. The van der Waals surface area contributed by atoms with E-state index in [2.05, 4.69) is 93.2 Å². The van der Waals surface area contributed by atoms with E-state index in [4.69, 9.17) is 9.97 Å². The Morgan fingerprint density at radius 3 is 2.45 bits per heavy atom. The largest absolute Gasteiger partial charge is 0.356 e. The molecule has 0 unspecified atom stereocenters. The molecule has 8 nitrogen and oxygen atoms in total. The average molecular weight is 538 g/mol. The van der Waals surface area contributed by atoms with Gasteiger partial charge in [0, 0.05) is 80.4 Å². The van der Waals surface area contributed by atoms with Gasteiger partial charge in [-0.25, -0.2) is 4.98 Å². The summed E-state index contributed by atoms with van der Waals surface area (Å²) in [5, 5.41) is 4.23. The molecule has 2 aromatic carbocycles. The quantitative estimate of drug-likeness (QED) is 0.366. The summed E-state index contributed by atoms with van der Waals surface area (Å²) in [6.45, 7) is 11.0. The highest BCUT2D eigenvalue weighted by atomic mass is 16.2. The van der Waals surface area contributed by atoms with E-state index in [0.29, 0.717) is 6.54 Å². The number of anilines is 3. The number of aryl methyl sites for hydroxylation is 1. The van der Waals surface area contributed by atoms with Gasteiger partial charge in [0.1, 0.15) is 5.82 Å². The zero-order valence-electron chi connectivity index (χ0n) is 23.6. The van der Waals surface area contributed by atoms with Crippen LogP contribution in [0.5, 0.6) is 0 Å². The molecule has 0 aliphatic carbocycles. The minimum atomic E-state index is 0.0185. The minimum absolute atomic E-state index is 0.0185. The molecule has 0 bridgehead atoms. The summed E-state index contributed by atoms with van der Waals surface area (Å²) in [4.78, 5) is 29.5. The first kappa shape index (κ1) is 26.3. The predicted octanol–water partition coefficient (Wildman–Crippen LogP) is 4.79. The molecule has 2 aliphatic heterocycles. The van der Waals surface area contributed by atoms with Gasteiger partial charge in [-0.15, -0.1) is 0 Å². The molecule has 2 fully saturated rings. The third-order valence-corrected chi connectivity index (χ3v) is 8.21. The lowest BCUT2D eigenvalue weighted by atomic mass is 9.99. The Morgan fingerprint density at radius 1 is 0.900 bits per heavy atom. The summed E-state index contributed by atoms with van der Waals surface area (Å²) in [5.74, 6) is 2.66. The molecule has 0 radical (unpaired) electrons. The van der Waals surface area contributed by atoms with Crippen molar-refractivity contribution in [2.24, 2.45) is 5.92 Å². The highest BCUT2D eigenvalue weighted by Crippen LogP contribution is 2.25. The number of fused-ring (bicyclic) bond motifs is 1. The summed E-state index contributed by atoms with van der Waals surface area (Å²) >= 11 is 0.